The molecule has 3 aliphatic rings. The van der Waals surface area contributed by atoms with Crippen LogP contribution in [0.15, 0.2) is 12.2 Å². The average molecular weight is 402 g/mol. The van der Waals surface area contributed by atoms with Crippen LogP contribution in [0.2, 0.25) is 0 Å². The number of allylic oxidation sites excluding steroid dienone is 1. The fourth-order valence-corrected chi connectivity index (χ4v) is 4.86. The van der Waals surface area contributed by atoms with Crippen LogP contribution >= 0.6 is 0 Å². The lowest BCUT2D eigenvalue weighted by Crippen LogP contribution is -2.66. The first-order chi connectivity index (χ1) is 12.9. The van der Waals surface area contributed by atoms with Gasteiger partial charge in [0.15, 0.2) is 12.1 Å². The average Bonchev–Trinajstić information content (AvgIpc) is 3.02. The Hall–Kier alpha value is -0.910. The minimum atomic E-state index is -1.57. The number of aliphatic hydroxyl groups is 5. The second-order valence-electron chi connectivity index (χ2n) is 8.75. The molecule has 2 bridgehead atoms. The Morgan fingerprint density at radius 1 is 1.14 bits per heavy atom. The third-order valence-corrected chi connectivity index (χ3v) is 6.54. The molecule has 9 nitrogen and oxygen atoms in total. The molecular weight excluding hydrogens is 372 g/mol. The van der Waals surface area contributed by atoms with Gasteiger partial charge >= 0.3 is 0 Å². The first kappa shape index (κ1) is 21.8. The molecule has 0 amide bonds. The molecule has 3 rings (SSSR count). The smallest absolute Gasteiger partial charge is 0.187 e. The minimum Gasteiger partial charge on any atom is -0.394 e. The molecule has 9 atom stereocenters. The van der Waals surface area contributed by atoms with E-state index in [2.05, 4.69) is 0 Å². The summed E-state index contributed by atoms with van der Waals surface area (Å²) in [6.07, 6.45) is -5.22. The second-order valence-corrected chi connectivity index (χ2v) is 8.75. The van der Waals surface area contributed by atoms with E-state index < -0.39 is 66.1 Å². The lowest BCUT2D eigenvalue weighted by Gasteiger charge is -2.52. The highest BCUT2D eigenvalue weighted by molar-refractivity contribution is 5.87. The van der Waals surface area contributed by atoms with E-state index in [9.17, 15) is 30.3 Å². The number of hydrogen-bond donors (Lipinski definition) is 5. The number of carbonyl (C=O) groups excluding carboxylic acids is 1. The number of fused-ring (bicyclic) bond motifs is 2. The molecule has 0 aliphatic carbocycles. The molecule has 0 aromatic heterocycles. The summed E-state index contributed by atoms with van der Waals surface area (Å²) in [4.78, 5) is 11.6. The van der Waals surface area contributed by atoms with Gasteiger partial charge in [-0.25, -0.2) is 0 Å². The monoisotopic (exact) mass is 402 g/mol. The van der Waals surface area contributed by atoms with Crippen molar-refractivity contribution in [3.63, 3.8) is 0 Å². The van der Waals surface area contributed by atoms with Crippen LogP contribution < -0.4 is 0 Å². The molecule has 0 aromatic rings. The maximum absolute atomic E-state index is 11.6. The Morgan fingerprint density at radius 2 is 1.79 bits per heavy atom. The van der Waals surface area contributed by atoms with Gasteiger partial charge in [0.25, 0.3) is 0 Å². The molecule has 28 heavy (non-hydrogen) atoms. The maximum atomic E-state index is 11.6. The van der Waals surface area contributed by atoms with Crippen molar-refractivity contribution < 1.29 is 44.5 Å². The summed E-state index contributed by atoms with van der Waals surface area (Å²) in [5.74, 6) is -0.200. The quantitative estimate of drug-likeness (QED) is 0.352. The second kappa shape index (κ2) is 7.10. The molecule has 0 radical (unpaired) electrons. The number of rotatable bonds is 5. The van der Waals surface area contributed by atoms with Crippen molar-refractivity contribution in [1.82, 2.24) is 0 Å². The number of carbonyl (C=O) groups is 1. The van der Waals surface area contributed by atoms with Crippen LogP contribution in [-0.2, 0) is 19.0 Å². The molecule has 3 saturated heterocycles. The molecule has 3 heterocycles. The highest BCUT2D eigenvalue weighted by Gasteiger charge is 2.74. The lowest BCUT2D eigenvalue weighted by molar-refractivity contribution is -0.339. The van der Waals surface area contributed by atoms with Crippen molar-refractivity contribution in [2.75, 3.05) is 6.61 Å². The van der Waals surface area contributed by atoms with Crippen molar-refractivity contribution >= 4 is 5.78 Å². The molecule has 3 aliphatic heterocycles. The summed E-state index contributed by atoms with van der Waals surface area (Å²) in [6, 6.07) is 0. The molecule has 3 fully saturated rings. The van der Waals surface area contributed by atoms with Gasteiger partial charge in [0.2, 0.25) is 0 Å². The van der Waals surface area contributed by atoms with Gasteiger partial charge in [-0.3, -0.25) is 4.79 Å². The molecule has 0 saturated carbocycles. The van der Waals surface area contributed by atoms with Gasteiger partial charge in [-0.15, -0.1) is 0 Å². The Bertz CT molecular complexity index is 647. The van der Waals surface area contributed by atoms with E-state index in [0.717, 1.165) is 0 Å². The van der Waals surface area contributed by atoms with E-state index >= 15 is 0 Å². The van der Waals surface area contributed by atoms with E-state index in [0.29, 0.717) is 0 Å². The number of hydrogen-bond acceptors (Lipinski definition) is 9. The topological polar surface area (TPSA) is 146 Å². The molecule has 0 aromatic carbocycles. The number of ether oxygens (including phenoxy) is 3. The summed E-state index contributed by atoms with van der Waals surface area (Å²) >= 11 is 0. The molecule has 160 valence electrons. The molecule has 9 unspecified atom stereocenters. The van der Waals surface area contributed by atoms with Crippen LogP contribution in [-0.4, -0.2) is 92.0 Å². The zero-order valence-electron chi connectivity index (χ0n) is 16.5. The van der Waals surface area contributed by atoms with Crippen LogP contribution in [0.3, 0.4) is 0 Å². The first-order valence-electron chi connectivity index (χ1n) is 9.44. The largest absolute Gasteiger partial charge is 0.394 e. The number of ketones is 1. The summed E-state index contributed by atoms with van der Waals surface area (Å²) in [6.45, 7) is 6.16. The summed E-state index contributed by atoms with van der Waals surface area (Å²) in [7, 11) is 0. The highest BCUT2D eigenvalue weighted by Crippen LogP contribution is 2.62. The minimum absolute atomic E-state index is 0.200. The predicted molar refractivity (Wildman–Crippen MR) is 95.1 cm³/mol. The SMILES string of the molecule is CC(=O)C=CC12OC(CC1(C)OC1OC(CO)C(O)C(O)C1O)C(O)C2(C)C. The van der Waals surface area contributed by atoms with E-state index in [-0.39, 0.29) is 12.2 Å². The van der Waals surface area contributed by atoms with Crippen molar-refractivity contribution in [2.24, 2.45) is 5.41 Å². The van der Waals surface area contributed by atoms with E-state index in [1.165, 1.54) is 13.0 Å². The molecular formula is C19H30O9. The van der Waals surface area contributed by atoms with Gasteiger partial charge in [-0.05, 0) is 26.0 Å². The van der Waals surface area contributed by atoms with Gasteiger partial charge in [0.1, 0.15) is 35.6 Å². The van der Waals surface area contributed by atoms with Crippen LogP contribution in [0.25, 0.3) is 0 Å². The predicted octanol–water partition coefficient (Wildman–Crippen LogP) is -1.36. The third kappa shape index (κ3) is 2.96. The van der Waals surface area contributed by atoms with E-state index in [1.807, 2.05) is 0 Å². The van der Waals surface area contributed by atoms with Crippen molar-refractivity contribution in [2.45, 2.75) is 88.2 Å². The normalized spacial score (nSPS) is 50.4. The van der Waals surface area contributed by atoms with Crippen LogP contribution in [0.4, 0.5) is 0 Å². The standard InChI is InChI=1S/C19H30O9/c1-9(21)5-6-19-17(2,3)15(25)10(27-19)7-18(19,4)28-16-14(24)13(23)12(22)11(8-20)26-16/h5-6,10-16,20,22-25H,7-8H2,1-4H3. The Kier molecular flexibility index (Phi) is 5.53. The van der Waals surface area contributed by atoms with Gasteiger partial charge in [0, 0.05) is 11.8 Å². The van der Waals surface area contributed by atoms with Crippen molar-refractivity contribution in [1.29, 1.82) is 0 Å². The molecule has 5 N–H and O–H groups in total. The van der Waals surface area contributed by atoms with E-state index in [1.54, 1.807) is 26.8 Å². The van der Waals surface area contributed by atoms with Crippen molar-refractivity contribution in [3.05, 3.63) is 12.2 Å². The first-order valence-corrected chi connectivity index (χ1v) is 9.44. The van der Waals surface area contributed by atoms with Crippen molar-refractivity contribution in [3.8, 4) is 0 Å². The maximum Gasteiger partial charge on any atom is 0.187 e. The summed E-state index contributed by atoms with van der Waals surface area (Å²) in [5, 5.41) is 50.4. The van der Waals surface area contributed by atoms with Gasteiger partial charge in [-0.2, -0.15) is 0 Å². The molecule has 0 spiro atoms. The van der Waals surface area contributed by atoms with Gasteiger partial charge in [0.05, 0.1) is 18.8 Å². The Balaban J connectivity index is 1.95. The zero-order valence-corrected chi connectivity index (χ0v) is 16.5. The molecule has 9 heteroatoms. The fourth-order valence-electron chi connectivity index (χ4n) is 4.86. The highest BCUT2D eigenvalue weighted by atomic mass is 16.7. The van der Waals surface area contributed by atoms with E-state index in [4.69, 9.17) is 14.2 Å². The van der Waals surface area contributed by atoms with Crippen LogP contribution in [0.5, 0.6) is 0 Å². The zero-order chi connectivity index (χ0) is 21.1. The van der Waals surface area contributed by atoms with Crippen LogP contribution in [0.1, 0.15) is 34.1 Å². The van der Waals surface area contributed by atoms with Crippen LogP contribution in [0, 0.1) is 5.41 Å². The summed E-state index contributed by atoms with van der Waals surface area (Å²) < 4.78 is 17.7. The lowest BCUT2D eigenvalue weighted by atomic mass is 9.59. The third-order valence-electron chi connectivity index (χ3n) is 6.54. The summed E-state index contributed by atoms with van der Waals surface area (Å²) in [5.41, 5.74) is -3.15. The Morgan fingerprint density at radius 3 is 2.32 bits per heavy atom. The van der Waals surface area contributed by atoms with Gasteiger partial charge in [-0.1, -0.05) is 13.8 Å². The van der Waals surface area contributed by atoms with Gasteiger partial charge < -0.3 is 39.7 Å². The number of aliphatic hydroxyl groups excluding tert-OH is 5. The fraction of sp³-hybridized carbons (Fsp3) is 0.842. The Labute approximate surface area is 163 Å².